The van der Waals surface area contributed by atoms with E-state index in [0.717, 1.165) is 16.8 Å². The highest BCUT2D eigenvalue weighted by Crippen LogP contribution is 2.23. The van der Waals surface area contributed by atoms with Gasteiger partial charge in [-0.05, 0) is 17.1 Å². The smallest absolute Gasteiger partial charge is 0.414 e. The number of fused-ring (bicyclic) bond motifs is 1. The van der Waals surface area contributed by atoms with E-state index in [-0.39, 0.29) is 24.5 Å². The van der Waals surface area contributed by atoms with Crippen molar-refractivity contribution >= 4 is 5.82 Å². The van der Waals surface area contributed by atoms with E-state index in [9.17, 15) is 10.1 Å². The Hall–Kier alpha value is -3.53. The number of hydrogen-bond acceptors (Lipinski definition) is 8. The Bertz CT molecular complexity index is 971. The van der Waals surface area contributed by atoms with Crippen molar-refractivity contribution in [3.63, 3.8) is 0 Å². The summed E-state index contributed by atoms with van der Waals surface area (Å²) in [6.07, 6.45) is 4.60. The molecule has 0 amide bonds. The molecule has 1 aliphatic heterocycles. The summed E-state index contributed by atoms with van der Waals surface area (Å²) in [5.74, 6) is 0.323. The number of nitrogens with zero attached hydrogens (tertiary/aromatic N) is 5. The molecule has 0 saturated carbocycles. The van der Waals surface area contributed by atoms with Gasteiger partial charge in [0.25, 0.3) is 0 Å². The Kier molecular flexibility index (Phi) is 4.85. The van der Waals surface area contributed by atoms with Crippen LogP contribution in [0.1, 0.15) is 5.69 Å². The van der Waals surface area contributed by atoms with Gasteiger partial charge in [0.05, 0.1) is 26.0 Å². The molecule has 1 aliphatic rings. The largest absolute Gasteiger partial charge is 0.481 e. The molecule has 4 rings (SSSR count). The molecule has 0 spiro atoms. The predicted molar refractivity (Wildman–Crippen MR) is 97.0 cm³/mol. The van der Waals surface area contributed by atoms with Crippen molar-refractivity contribution in [3.8, 4) is 23.0 Å². The van der Waals surface area contributed by atoms with Crippen LogP contribution >= 0.6 is 0 Å². The topological polar surface area (TPSA) is 114 Å². The maximum absolute atomic E-state index is 10.8. The molecule has 4 heterocycles. The van der Waals surface area contributed by atoms with Crippen LogP contribution in [0.2, 0.25) is 0 Å². The summed E-state index contributed by atoms with van der Waals surface area (Å²) in [5.41, 5.74) is 2.65. The summed E-state index contributed by atoms with van der Waals surface area (Å²) in [4.78, 5) is 22.7. The summed E-state index contributed by atoms with van der Waals surface area (Å²) < 4.78 is 17.9. The van der Waals surface area contributed by atoms with Crippen LogP contribution in [0.5, 0.6) is 11.9 Å². The Morgan fingerprint density at radius 1 is 1.25 bits per heavy atom. The van der Waals surface area contributed by atoms with E-state index in [0.29, 0.717) is 19.0 Å². The van der Waals surface area contributed by atoms with Gasteiger partial charge in [-0.2, -0.15) is 0 Å². The molecule has 10 nitrogen and oxygen atoms in total. The molecular formula is C18H17N5O5. The lowest BCUT2D eigenvalue weighted by Gasteiger charge is -2.22. The van der Waals surface area contributed by atoms with Crippen molar-refractivity contribution in [2.45, 2.75) is 19.3 Å². The van der Waals surface area contributed by atoms with Crippen LogP contribution in [0.15, 0.2) is 42.9 Å². The predicted octanol–water partition coefficient (Wildman–Crippen LogP) is 2.23. The average Bonchev–Trinajstić information content (AvgIpc) is 3.16. The van der Waals surface area contributed by atoms with Gasteiger partial charge in [-0.1, -0.05) is 6.07 Å². The van der Waals surface area contributed by atoms with Crippen molar-refractivity contribution < 1.29 is 19.1 Å². The zero-order valence-corrected chi connectivity index (χ0v) is 15.0. The van der Waals surface area contributed by atoms with Crippen molar-refractivity contribution in [3.05, 3.63) is 58.7 Å². The normalized spacial score (nSPS) is 15.5. The second kappa shape index (κ2) is 7.61. The molecule has 0 bridgehead atoms. The molecule has 3 aromatic rings. The van der Waals surface area contributed by atoms with Gasteiger partial charge in [0.1, 0.15) is 18.9 Å². The second-order valence-corrected chi connectivity index (χ2v) is 6.16. The molecule has 10 heteroatoms. The molecule has 0 aliphatic carbocycles. The summed E-state index contributed by atoms with van der Waals surface area (Å²) in [6.45, 7) is 1.02. The van der Waals surface area contributed by atoms with Crippen LogP contribution < -0.4 is 9.47 Å². The van der Waals surface area contributed by atoms with E-state index in [4.69, 9.17) is 14.2 Å². The van der Waals surface area contributed by atoms with Crippen molar-refractivity contribution in [1.82, 2.24) is 19.5 Å². The molecule has 0 N–H and O–H groups in total. The molecular weight excluding hydrogens is 366 g/mol. The highest BCUT2D eigenvalue weighted by molar-refractivity contribution is 5.61. The van der Waals surface area contributed by atoms with E-state index in [1.807, 2.05) is 18.2 Å². The van der Waals surface area contributed by atoms with Gasteiger partial charge >= 0.3 is 11.8 Å². The number of pyridine rings is 2. The zero-order chi connectivity index (χ0) is 19.5. The fourth-order valence-corrected chi connectivity index (χ4v) is 2.82. The maximum atomic E-state index is 10.8. The molecule has 1 atom stereocenters. The minimum atomic E-state index is -0.547. The first-order valence-electron chi connectivity index (χ1n) is 8.53. The molecule has 0 fully saturated rings. The third-order valence-corrected chi connectivity index (χ3v) is 4.28. The third kappa shape index (κ3) is 3.76. The van der Waals surface area contributed by atoms with Crippen LogP contribution in [0.25, 0.3) is 11.1 Å². The zero-order valence-electron chi connectivity index (χ0n) is 15.0. The Morgan fingerprint density at radius 3 is 2.68 bits per heavy atom. The number of methoxy groups -OCH3 is 1. The quantitative estimate of drug-likeness (QED) is 0.470. The van der Waals surface area contributed by atoms with Gasteiger partial charge < -0.3 is 24.3 Å². The minimum Gasteiger partial charge on any atom is -0.481 e. The summed E-state index contributed by atoms with van der Waals surface area (Å²) in [6, 6.07) is 7.78. The van der Waals surface area contributed by atoms with Crippen LogP contribution in [0.3, 0.4) is 0 Å². The molecule has 0 radical (unpaired) electrons. The van der Waals surface area contributed by atoms with Gasteiger partial charge in [-0.15, -0.1) is 0 Å². The monoisotopic (exact) mass is 383 g/mol. The number of aromatic nitrogens is 4. The lowest BCUT2D eigenvalue weighted by Crippen LogP contribution is -2.32. The van der Waals surface area contributed by atoms with Crippen molar-refractivity contribution in [2.24, 2.45) is 0 Å². The number of nitro groups is 1. The van der Waals surface area contributed by atoms with Crippen LogP contribution in [0.4, 0.5) is 5.82 Å². The van der Waals surface area contributed by atoms with Crippen LogP contribution in [-0.4, -0.2) is 44.3 Å². The van der Waals surface area contributed by atoms with E-state index in [2.05, 4.69) is 15.0 Å². The summed E-state index contributed by atoms with van der Waals surface area (Å²) >= 11 is 0. The maximum Gasteiger partial charge on any atom is 0.414 e. The van der Waals surface area contributed by atoms with Crippen molar-refractivity contribution in [2.75, 3.05) is 13.7 Å². The van der Waals surface area contributed by atoms with Crippen molar-refractivity contribution in [1.29, 1.82) is 0 Å². The Labute approximate surface area is 159 Å². The Balaban J connectivity index is 1.35. The first-order chi connectivity index (χ1) is 13.6. The molecule has 28 heavy (non-hydrogen) atoms. The van der Waals surface area contributed by atoms with Gasteiger partial charge in [-0.25, -0.2) is 4.98 Å². The highest BCUT2D eigenvalue weighted by atomic mass is 16.6. The minimum absolute atomic E-state index is 0.235. The van der Waals surface area contributed by atoms with Crippen LogP contribution in [-0.2, 0) is 17.9 Å². The second-order valence-electron chi connectivity index (χ2n) is 6.16. The third-order valence-electron chi connectivity index (χ3n) is 4.28. The first kappa shape index (κ1) is 17.9. The van der Waals surface area contributed by atoms with E-state index in [1.54, 1.807) is 30.1 Å². The summed E-state index contributed by atoms with van der Waals surface area (Å²) in [7, 11) is 1.57. The highest BCUT2D eigenvalue weighted by Gasteiger charge is 2.28. The van der Waals surface area contributed by atoms with Gasteiger partial charge in [0.15, 0.2) is 0 Å². The standard InChI is InChI=1S/C18H17N5O5/c1-26-17-5-3-13(7-20-17)12-2-4-14(19-6-12)10-27-15-8-22-9-16(23(24)25)21-18(22)28-11-15/h2-7,9,15H,8,10-11H2,1H3/t15-/m0/s1. The number of rotatable bonds is 6. The molecule has 144 valence electrons. The molecule has 0 unspecified atom stereocenters. The first-order valence-corrected chi connectivity index (χ1v) is 8.53. The summed E-state index contributed by atoms with van der Waals surface area (Å²) in [5, 5.41) is 10.8. The SMILES string of the molecule is COc1ccc(-c2ccc(CO[C@@H]3COc4nc([N+](=O)[O-])cn4C3)nc2)cn1. The van der Waals surface area contributed by atoms with Crippen LogP contribution in [0, 0.1) is 10.1 Å². The fourth-order valence-electron chi connectivity index (χ4n) is 2.82. The Morgan fingerprint density at radius 2 is 2.04 bits per heavy atom. The van der Waals surface area contributed by atoms with E-state index >= 15 is 0 Å². The average molecular weight is 383 g/mol. The molecule has 0 saturated heterocycles. The van der Waals surface area contributed by atoms with E-state index in [1.165, 1.54) is 6.20 Å². The fraction of sp³-hybridized carbons (Fsp3) is 0.278. The number of imidazole rings is 1. The molecule has 0 aromatic carbocycles. The van der Waals surface area contributed by atoms with Gasteiger partial charge in [-0.3, -0.25) is 9.55 Å². The van der Waals surface area contributed by atoms with Gasteiger partial charge in [0, 0.05) is 34.6 Å². The van der Waals surface area contributed by atoms with Gasteiger partial charge in [0.2, 0.25) is 5.88 Å². The number of hydrogen-bond donors (Lipinski definition) is 0. The lowest BCUT2D eigenvalue weighted by molar-refractivity contribution is -0.389. The lowest BCUT2D eigenvalue weighted by atomic mass is 10.1. The molecule has 3 aromatic heterocycles. The number of ether oxygens (including phenoxy) is 3. The van der Waals surface area contributed by atoms with E-state index < -0.39 is 4.92 Å².